The van der Waals surface area contributed by atoms with E-state index in [1.54, 1.807) is 6.26 Å². The lowest BCUT2D eigenvalue weighted by atomic mass is 10.0. The zero-order valence-electron chi connectivity index (χ0n) is 8.83. The molecule has 0 amide bonds. The molecule has 78 valence electrons. The highest BCUT2D eigenvalue weighted by Gasteiger charge is 2.29. The smallest absolute Gasteiger partial charge is 0.0934 e. The van der Waals surface area contributed by atoms with Crippen LogP contribution in [0.25, 0.3) is 0 Å². The molecule has 0 bridgehead atoms. The fourth-order valence-electron chi connectivity index (χ4n) is 2.02. The largest absolute Gasteiger partial charge is 0.472 e. The number of hydrogen-bond donors (Lipinski definition) is 1. The Balaban J connectivity index is 1.76. The predicted molar refractivity (Wildman–Crippen MR) is 57.2 cm³/mol. The SMILES string of the molecule is CCNC(CCc1ccoc1)C1CC1. The molecule has 1 aromatic heterocycles. The zero-order valence-corrected chi connectivity index (χ0v) is 8.83. The Bertz CT molecular complexity index is 251. The van der Waals surface area contributed by atoms with Gasteiger partial charge in [0.15, 0.2) is 0 Å². The molecular weight excluding hydrogens is 174 g/mol. The Morgan fingerprint density at radius 1 is 1.57 bits per heavy atom. The van der Waals surface area contributed by atoms with Crippen molar-refractivity contribution in [3.05, 3.63) is 24.2 Å². The Morgan fingerprint density at radius 3 is 3.00 bits per heavy atom. The van der Waals surface area contributed by atoms with Gasteiger partial charge in [0.2, 0.25) is 0 Å². The molecule has 2 heteroatoms. The van der Waals surface area contributed by atoms with Gasteiger partial charge >= 0.3 is 0 Å². The van der Waals surface area contributed by atoms with Gasteiger partial charge in [-0.2, -0.15) is 0 Å². The van der Waals surface area contributed by atoms with E-state index in [0.29, 0.717) is 0 Å². The van der Waals surface area contributed by atoms with Gasteiger partial charge in [-0.3, -0.25) is 0 Å². The first-order chi connectivity index (χ1) is 6.90. The average Bonchev–Trinajstić information content (AvgIpc) is 2.90. The maximum absolute atomic E-state index is 5.06. The first kappa shape index (κ1) is 9.78. The van der Waals surface area contributed by atoms with Gasteiger partial charge in [-0.05, 0) is 49.8 Å². The van der Waals surface area contributed by atoms with E-state index in [1.165, 1.54) is 24.8 Å². The van der Waals surface area contributed by atoms with Crippen molar-refractivity contribution in [2.45, 2.75) is 38.6 Å². The third-order valence-corrected chi connectivity index (χ3v) is 2.98. The molecule has 1 aliphatic rings. The quantitative estimate of drug-likeness (QED) is 0.751. The van der Waals surface area contributed by atoms with E-state index in [-0.39, 0.29) is 0 Å². The fourth-order valence-corrected chi connectivity index (χ4v) is 2.02. The molecule has 1 atom stereocenters. The van der Waals surface area contributed by atoms with Crippen LogP contribution in [0.2, 0.25) is 0 Å². The highest BCUT2D eigenvalue weighted by atomic mass is 16.3. The molecule has 1 heterocycles. The lowest BCUT2D eigenvalue weighted by molar-refractivity contribution is 0.445. The molecule has 1 saturated carbocycles. The summed E-state index contributed by atoms with van der Waals surface area (Å²) in [4.78, 5) is 0. The maximum Gasteiger partial charge on any atom is 0.0934 e. The molecule has 1 aliphatic carbocycles. The van der Waals surface area contributed by atoms with Crippen molar-refractivity contribution in [3.63, 3.8) is 0 Å². The van der Waals surface area contributed by atoms with Crippen LogP contribution in [-0.4, -0.2) is 12.6 Å². The van der Waals surface area contributed by atoms with Gasteiger partial charge in [-0.1, -0.05) is 6.92 Å². The van der Waals surface area contributed by atoms with Crippen LogP contribution in [0.1, 0.15) is 31.7 Å². The number of nitrogens with one attached hydrogen (secondary N) is 1. The lowest BCUT2D eigenvalue weighted by Crippen LogP contribution is -2.31. The summed E-state index contributed by atoms with van der Waals surface area (Å²) < 4.78 is 5.06. The maximum atomic E-state index is 5.06. The Kier molecular flexibility index (Phi) is 3.25. The summed E-state index contributed by atoms with van der Waals surface area (Å²) in [6.45, 7) is 3.28. The van der Waals surface area contributed by atoms with Gasteiger partial charge < -0.3 is 9.73 Å². The topological polar surface area (TPSA) is 25.2 Å². The molecule has 14 heavy (non-hydrogen) atoms. The van der Waals surface area contributed by atoms with Crippen LogP contribution in [0.15, 0.2) is 23.0 Å². The molecule has 0 saturated heterocycles. The number of furan rings is 1. The Hall–Kier alpha value is -0.760. The average molecular weight is 193 g/mol. The fraction of sp³-hybridized carbons (Fsp3) is 0.667. The molecule has 0 radical (unpaired) electrons. The normalized spacial score (nSPS) is 18.4. The van der Waals surface area contributed by atoms with Crippen molar-refractivity contribution in [3.8, 4) is 0 Å². The van der Waals surface area contributed by atoms with E-state index in [1.807, 2.05) is 6.26 Å². The molecule has 2 nitrogen and oxygen atoms in total. The van der Waals surface area contributed by atoms with Crippen LogP contribution in [0.5, 0.6) is 0 Å². The molecular formula is C12H19NO. The summed E-state index contributed by atoms with van der Waals surface area (Å²) in [5.41, 5.74) is 1.33. The zero-order chi connectivity index (χ0) is 9.80. The third-order valence-electron chi connectivity index (χ3n) is 2.98. The van der Waals surface area contributed by atoms with Crippen LogP contribution in [0.4, 0.5) is 0 Å². The van der Waals surface area contributed by atoms with Gasteiger partial charge in [0.05, 0.1) is 12.5 Å². The van der Waals surface area contributed by atoms with E-state index in [0.717, 1.165) is 24.9 Å². The molecule has 0 spiro atoms. The number of aryl methyl sites for hydroxylation is 1. The molecule has 0 aromatic carbocycles. The minimum atomic E-state index is 0.731. The van der Waals surface area contributed by atoms with E-state index >= 15 is 0 Å². The summed E-state index contributed by atoms with van der Waals surface area (Å²) >= 11 is 0. The first-order valence-corrected chi connectivity index (χ1v) is 5.64. The van der Waals surface area contributed by atoms with Crippen LogP contribution < -0.4 is 5.32 Å². The van der Waals surface area contributed by atoms with Gasteiger partial charge in [0.1, 0.15) is 0 Å². The van der Waals surface area contributed by atoms with Crippen molar-refractivity contribution in [2.24, 2.45) is 5.92 Å². The van der Waals surface area contributed by atoms with Crippen molar-refractivity contribution < 1.29 is 4.42 Å². The van der Waals surface area contributed by atoms with E-state index in [9.17, 15) is 0 Å². The van der Waals surface area contributed by atoms with Crippen molar-refractivity contribution in [2.75, 3.05) is 6.54 Å². The van der Waals surface area contributed by atoms with E-state index < -0.39 is 0 Å². The molecule has 2 rings (SSSR count). The highest BCUT2D eigenvalue weighted by Crippen LogP contribution is 2.34. The number of hydrogen-bond acceptors (Lipinski definition) is 2. The molecule has 1 N–H and O–H groups in total. The molecule has 1 unspecified atom stereocenters. The van der Waals surface area contributed by atoms with Gasteiger partial charge in [0, 0.05) is 6.04 Å². The highest BCUT2D eigenvalue weighted by molar-refractivity contribution is 5.06. The molecule has 0 aliphatic heterocycles. The van der Waals surface area contributed by atoms with Gasteiger partial charge in [0.25, 0.3) is 0 Å². The summed E-state index contributed by atoms with van der Waals surface area (Å²) in [6, 6.07) is 2.80. The minimum absolute atomic E-state index is 0.731. The Morgan fingerprint density at radius 2 is 2.43 bits per heavy atom. The van der Waals surface area contributed by atoms with E-state index in [2.05, 4.69) is 18.3 Å². The Labute approximate surface area is 85.7 Å². The first-order valence-electron chi connectivity index (χ1n) is 5.64. The van der Waals surface area contributed by atoms with Gasteiger partial charge in [-0.15, -0.1) is 0 Å². The van der Waals surface area contributed by atoms with E-state index in [4.69, 9.17) is 4.42 Å². The van der Waals surface area contributed by atoms with Crippen LogP contribution in [0, 0.1) is 5.92 Å². The third kappa shape index (κ3) is 2.61. The predicted octanol–water partition coefficient (Wildman–Crippen LogP) is 2.60. The monoisotopic (exact) mass is 193 g/mol. The summed E-state index contributed by atoms with van der Waals surface area (Å²) in [5.74, 6) is 0.946. The summed E-state index contributed by atoms with van der Waals surface area (Å²) in [6.07, 6.45) is 8.85. The van der Waals surface area contributed by atoms with Crippen molar-refractivity contribution in [1.29, 1.82) is 0 Å². The van der Waals surface area contributed by atoms with Crippen LogP contribution in [-0.2, 0) is 6.42 Å². The summed E-state index contributed by atoms with van der Waals surface area (Å²) in [7, 11) is 0. The van der Waals surface area contributed by atoms with Crippen molar-refractivity contribution >= 4 is 0 Å². The van der Waals surface area contributed by atoms with Crippen molar-refractivity contribution in [1.82, 2.24) is 5.32 Å². The second-order valence-corrected chi connectivity index (χ2v) is 4.17. The lowest BCUT2D eigenvalue weighted by Gasteiger charge is -2.16. The van der Waals surface area contributed by atoms with Crippen LogP contribution >= 0.6 is 0 Å². The van der Waals surface area contributed by atoms with Crippen LogP contribution in [0.3, 0.4) is 0 Å². The minimum Gasteiger partial charge on any atom is -0.472 e. The molecule has 1 fully saturated rings. The second kappa shape index (κ2) is 4.65. The second-order valence-electron chi connectivity index (χ2n) is 4.17. The molecule has 1 aromatic rings. The summed E-state index contributed by atoms with van der Waals surface area (Å²) in [5, 5.41) is 3.58. The number of rotatable bonds is 6. The van der Waals surface area contributed by atoms with Gasteiger partial charge in [-0.25, -0.2) is 0 Å². The standard InChI is InChI=1S/C12H19NO/c1-2-13-12(11-4-5-11)6-3-10-7-8-14-9-10/h7-9,11-13H,2-6H2,1H3.